The fourth-order valence-corrected chi connectivity index (χ4v) is 3.46. The molecule has 0 aliphatic rings. The Balaban J connectivity index is 2.37. The third-order valence-electron chi connectivity index (χ3n) is 4.79. The third-order valence-corrected chi connectivity index (χ3v) is 5.42. The molecule has 0 spiro atoms. The minimum Gasteiger partial charge on any atom is -0.494 e. The first-order chi connectivity index (χ1) is 14.6. The molecule has 0 aliphatic carbocycles. The van der Waals surface area contributed by atoms with Crippen molar-refractivity contribution in [3.8, 4) is 17.0 Å². The molecule has 0 fully saturated rings. The van der Waals surface area contributed by atoms with Gasteiger partial charge in [-0.2, -0.15) is 13.9 Å². The summed E-state index contributed by atoms with van der Waals surface area (Å²) in [6.07, 6.45) is 2.91. The number of aromatic nitrogens is 2. The van der Waals surface area contributed by atoms with Crippen molar-refractivity contribution in [1.29, 1.82) is 0 Å². The van der Waals surface area contributed by atoms with Crippen molar-refractivity contribution < 1.29 is 18.3 Å². The number of alkyl halides is 3. The van der Waals surface area contributed by atoms with Gasteiger partial charge in [0, 0.05) is 78.1 Å². The normalized spacial score (nSPS) is 11.9. The summed E-state index contributed by atoms with van der Waals surface area (Å²) < 4.78 is 32.9. The third kappa shape index (κ3) is 8.12. The van der Waals surface area contributed by atoms with Crippen LogP contribution in [0, 0.1) is 0 Å². The van der Waals surface area contributed by atoms with Gasteiger partial charge in [0.05, 0.1) is 12.3 Å². The van der Waals surface area contributed by atoms with Crippen molar-refractivity contribution in [2.75, 3.05) is 33.8 Å². The summed E-state index contributed by atoms with van der Waals surface area (Å²) in [5.41, 5.74) is 2.11. The molecule has 0 aliphatic heterocycles. The molecule has 0 amide bonds. The van der Waals surface area contributed by atoms with Crippen LogP contribution in [0.4, 0.5) is 8.78 Å². The van der Waals surface area contributed by atoms with E-state index in [1.54, 1.807) is 6.07 Å². The molecule has 0 saturated heterocycles. The van der Waals surface area contributed by atoms with Gasteiger partial charge < -0.3 is 19.7 Å². The number of hydrogen-bond acceptors (Lipinski definition) is 5. The number of halogens is 3. The van der Waals surface area contributed by atoms with Gasteiger partial charge in [-0.3, -0.25) is 4.68 Å². The summed E-state index contributed by atoms with van der Waals surface area (Å²) in [6, 6.07) is 4.59. The van der Waals surface area contributed by atoms with E-state index in [1.165, 1.54) is 19.1 Å². The van der Waals surface area contributed by atoms with E-state index in [0.29, 0.717) is 42.9 Å². The molecular formula is C22H31F2IN4O2. The lowest BCUT2D eigenvalue weighted by atomic mass is 10.0. The van der Waals surface area contributed by atoms with Gasteiger partial charge in [-0.15, -0.1) is 0 Å². The van der Waals surface area contributed by atoms with E-state index in [4.69, 9.17) is 4.74 Å². The molecule has 0 radical (unpaired) electrons. The molecule has 0 bridgehead atoms. The second-order valence-electron chi connectivity index (χ2n) is 7.60. The van der Waals surface area contributed by atoms with Gasteiger partial charge in [-0.05, 0) is 52.6 Å². The maximum atomic E-state index is 14.2. The fraction of sp³-hybridized carbons (Fsp3) is 0.545. The average molecular weight is 548 g/mol. The summed E-state index contributed by atoms with van der Waals surface area (Å²) in [6.45, 7) is 6.84. The highest BCUT2D eigenvalue weighted by Crippen LogP contribution is 2.39. The number of rotatable bonds is 13. The lowest BCUT2D eigenvalue weighted by Crippen LogP contribution is -2.27. The maximum Gasteiger partial charge on any atom is 0.321 e. The predicted molar refractivity (Wildman–Crippen MR) is 127 cm³/mol. The van der Waals surface area contributed by atoms with Crippen molar-refractivity contribution in [2.24, 2.45) is 0 Å². The van der Waals surface area contributed by atoms with Crippen LogP contribution >= 0.6 is 22.6 Å². The Morgan fingerprint density at radius 3 is 2.71 bits per heavy atom. The molecule has 0 atom stereocenters. The molecule has 1 aromatic carbocycles. The standard InChI is InChI=1S/C22H31F2IN4O2/c1-5-29-15-18(14-28(4)9-8-26-3)21(27-29)17-11-19(22(23,24)25)13-20(12-17)31-10-6-7-16(2)30/h11-13,15,26H,5-10,14H2,1-4H3. The number of ketones is 1. The summed E-state index contributed by atoms with van der Waals surface area (Å²) in [7, 11) is 3.92. The number of nitrogens with one attached hydrogen (secondary N) is 1. The number of carbonyl (C=O) groups is 1. The predicted octanol–water partition coefficient (Wildman–Crippen LogP) is 4.45. The molecule has 6 nitrogen and oxygen atoms in total. The molecule has 0 unspecified atom stereocenters. The molecule has 2 rings (SSSR count). The second-order valence-corrected chi connectivity index (χ2v) is 8.95. The summed E-state index contributed by atoms with van der Waals surface area (Å²) in [5, 5.41) is 7.77. The lowest BCUT2D eigenvalue weighted by molar-refractivity contribution is -0.117. The Labute approximate surface area is 196 Å². The van der Waals surface area contributed by atoms with Crippen molar-refractivity contribution >= 4 is 28.4 Å². The molecule has 2 aromatic rings. The van der Waals surface area contributed by atoms with Gasteiger partial charge in [0.15, 0.2) is 0 Å². The molecule has 31 heavy (non-hydrogen) atoms. The fourth-order valence-electron chi connectivity index (χ4n) is 3.15. The van der Waals surface area contributed by atoms with Crippen LogP contribution in [-0.4, -0.2) is 54.3 Å². The quantitative estimate of drug-likeness (QED) is 0.228. The Bertz CT molecular complexity index is 868. The highest BCUT2D eigenvalue weighted by atomic mass is 127. The summed E-state index contributed by atoms with van der Waals surface area (Å²) in [5.74, 6) is 0.432. The van der Waals surface area contributed by atoms with Crippen molar-refractivity contribution in [3.05, 3.63) is 35.5 Å². The van der Waals surface area contributed by atoms with Crippen LogP contribution in [0.25, 0.3) is 11.3 Å². The SMILES string of the molecule is CCn1cc(CN(C)CCNC)c(-c2cc(OCCCC(C)=O)cc(C(F)(F)I)c2)n1. The molecule has 9 heteroatoms. The number of Topliss-reactive ketones (excluding diaryl/α,β-unsaturated/α-hetero) is 1. The second kappa shape index (κ2) is 11.9. The van der Waals surface area contributed by atoms with Crippen LogP contribution in [0.15, 0.2) is 24.4 Å². The van der Waals surface area contributed by atoms with Crippen molar-refractivity contribution in [3.63, 3.8) is 0 Å². The number of ether oxygens (including phenoxy) is 1. The van der Waals surface area contributed by atoms with Gasteiger partial charge in [-0.1, -0.05) is 0 Å². The van der Waals surface area contributed by atoms with E-state index >= 15 is 0 Å². The van der Waals surface area contributed by atoms with Crippen LogP contribution in [-0.2, 0) is 21.8 Å². The molecule has 1 heterocycles. The average Bonchev–Trinajstić information content (AvgIpc) is 3.11. The minimum atomic E-state index is -3.04. The van der Waals surface area contributed by atoms with Crippen LogP contribution in [0.3, 0.4) is 0 Å². The number of nitrogens with zero attached hydrogens (tertiary/aromatic N) is 3. The van der Waals surface area contributed by atoms with Gasteiger partial charge in [0.25, 0.3) is 0 Å². The number of likely N-dealkylation sites (N-methyl/N-ethyl adjacent to an activating group) is 2. The first kappa shape index (κ1) is 25.7. The zero-order chi connectivity index (χ0) is 23.0. The van der Waals surface area contributed by atoms with Crippen LogP contribution in [0.1, 0.15) is 37.8 Å². The molecule has 1 N–H and O–H groups in total. The Morgan fingerprint density at radius 1 is 1.35 bits per heavy atom. The first-order valence-electron chi connectivity index (χ1n) is 10.4. The highest BCUT2D eigenvalue weighted by Gasteiger charge is 2.29. The van der Waals surface area contributed by atoms with E-state index in [9.17, 15) is 13.6 Å². The zero-order valence-electron chi connectivity index (χ0n) is 18.6. The molecule has 172 valence electrons. The van der Waals surface area contributed by atoms with Gasteiger partial charge in [0.1, 0.15) is 11.5 Å². The lowest BCUT2D eigenvalue weighted by Gasteiger charge is -2.17. The monoisotopic (exact) mass is 548 g/mol. The topological polar surface area (TPSA) is 59.4 Å². The smallest absolute Gasteiger partial charge is 0.321 e. The Morgan fingerprint density at radius 2 is 2.10 bits per heavy atom. The van der Waals surface area contributed by atoms with E-state index in [2.05, 4.69) is 15.3 Å². The number of hydrogen-bond donors (Lipinski definition) is 1. The zero-order valence-corrected chi connectivity index (χ0v) is 20.7. The first-order valence-corrected chi connectivity index (χ1v) is 11.5. The number of carbonyl (C=O) groups excluding carboxylic acids is 1. The van der Waals surface area contributed by atoms with Crippen LogP contribution in [0.2, 0.25) is 0 Å². The van der Waals surface area contributed by atoms with Gasteiger partial charge in [-0.25, -0.2) is 0 Å². The van der Waals surface area contributed by atoms with Gasteiger partial charge in [0.2, 0.25) is 0 Å². The van der Waals surface area contributed by atoms with Gasteiger partial charge >= 0.3 is 3.93 Å². The van der Waals surface area contributed by atoms with E-state index < -0.39 is 3.93 Å². The molecular weight excluding hydrogens is 517 g/mol. The van der Waals surface area contributed by atoms with Crippen LogP contribution < -0.4 is 10.1 Å². The number of aryl methyl sites for hydroxylation is 1. The highest BCUT2D eigenvalue weighted by molar-refractivity contribution is 14.1. The maximum absolute atomic E-state index is 14.2. The van der Waals surface area contributed by atoms with Crippen molar-refractivity contribution in [2.45, 2.75) is 43.7 Å². The largest absolute Gasteiger partial charge is 0.494 e. The summed E-state index contributed by atoms with van der Waals surface area (Å²) >= 11 is 1.13. The molecule has 1 aromatic heterocycles. The van der Waals surface area contributed by atoms with Crippen LogP contribution in [0.5, 0.6) is 5.75 Å². The Kier molecular flexibility index (Phi) is 9.83. The molecule has 0 saturated carbocycles. The minimum absolute atomic E-state index is 0.0778. The number of benzene rings is 1. The van der Waals surface area contributed by atoms with E-state index in [-0.39, 0.29) is 18.0 Å². The Hall–Kier alpha value is -1.59. The van der Waals surface area contributed by atoms with E-state index in [0.717, 1.165) is 41.2 Å². The summed E-state index contributed by atoms with van der Waals surface area (Å²) in [4.78, 5) is 13.3. The van der Waals surface area contributed by atoms with E-state index in [1.807, 2.05) is 31.9 Å². The van der Waals surface area contributed by atoms with Crippen molar-refractivity contribution in [1.82, 2.24) is 20.0 Å².